The van der Waals surface area contributed by atoms with Crippen LogP contribution in [0.1, 0.15) is 41.0 Å². The minimum absolute atomic E-state index is 0.590. The van der Waals surface area contributed by atoms with Crippen molar-refractivity contribution in [2.75, 3.05) is 39.3 Å². The molecule has 1 heterocycles. The molecule has 1 aliphatic rings. The second kappa shape index (κ2) is 8.13. The van der Waals surface area contributed by atoms with Crippen molar-refractivity contribution in [2.45, 2.75) is 53.1 Å². The lowest BCUT2D eigenvalue weighted by Gasteiger charge is -2.41. The number of rotatable bonds is 7. The van der Waals surface area contributed by atoms with Crippen LogP contribution >= 0.6 is 0 Å². The molecular formula is C15H33N3. The molecule has 1 fully saturated rings. The Morgan fingerprint density at radius 3 is 2.06 bits per heavy atom. The van der Waals surface area contributed by atoms with Gasteiger partial charge in [-0.25, -0.2) is 0 Å². The Hall–Kier alpha value is -0.120. The van der Waals surface area contributed by atoms with Gasteiger partial charge in [0.05, 0.1) is 0 Å². The van der Waals surface area contributed by atoms with Gasteiger partial charge in [-0.15, -0.1) is 0 Å². The lowest BCUT2D eigenvalue weighted by molar-refractivity contribution is 0.0749. The van der Waals surface area contributed by atoms with Crippen LogP contribution in [0.4, 0.5) is 0 Å². The summed E-state index contributed by atoms with van der Waals surface area (Å²) < 4.78 is 0. The molecule has 0 radical (unpaired) electrons. The van der Waals surface area contributed by atoms with E-state index in [1.54, 1.807) is 0 Å². The van der Waals surface area contributed by atoms with Gasteiger partial charge in [0.1, 0.15) is 0 Å². The van der Waals surface area contributed by atoms with Gasteiger partial charge in [-0.1, -0.05) is 34.6 Å². The van der Waals surface area contributed by atoms with Crippen molar-refractivity contribution in [1.82, 2.24) is 15.1 Å². The van der Waals surface area contributed by atoms with Crippen LogP contribution < -0.4 is 5.32 Å². The smallest absolute Gasteiger partial charge is 0.0244 e. The van der Waals surface area contributed by atoms with E-state index in [9.17, 15) is 0 Å². The summed E-state index contributed by atoms with van der Waals surface area (Å²) in [4.78, 5) is 5.29. The fourth-order valence-corrected chi connectivity index (χ4v) is 2.78. The maximum absolute atomic E-state index is 3.61. The monoisotopic (exact) mass is 255 g/mol. The van der Waals surface area contributed by atoms with Gasteiger partial charge >= 0.3 is 0 Å². The first kappa shape index (κ1) is 15.9. The highest BCUT2D eigenvalue weighted by atomic mass is 15.3. The van der Waals surface area contributed by atoms with Crippen LogP contribution in [0.25, 0.3) is 0 Å². The molecule has 0 aliphatic carbocycles. The van der Waals surface area contributed by atoms with Crippen molar-refractivity contribution in [1.29, 1.82) is 0 Å². The van der Waals surface area contributed by atoms with E-state index in [4.69, 9.17) is 0 Å². The number of hydrogen-bond donors (Lipinski definition) is 1. The van der Waals surface area contributed by atoms with E-state index in [-0.39, 0.29) is 0 Å². The summed E-state index contributed by atoms with van der Waals surface area (Å²) >= 11 is 0. The number of nitrogens with one attached hydrogen (secondary N) is 1. The second-order valence-electron chi connectivity index (χ2n) is 6.25. The largest absolute Gasteiger partial charge is 0.313 e. The number of nitrogens with zero attached hydrogens (tertiary/aromatic N) is 2. The van der Waals surface area contributed by atoms with Gasteiger partial charge in [-0.3, -0.25) is 4.90 Å². The van der Waals surface area contributed by atoms with Crippen LogP contribution in [0.5, 0.6) is 0 Å². The molecule has 1 N–H and O–H groups in total. The Morgan fingerprint density at radius 1 is 1.00 bits per heavy atom. The molecule has 0 aromatic rings. The highest BCUT2D eigenvalue weighted by Crippen LogP contribution is 2.13. The molecule has 1 unspecified atom stereocenters. The van der Waals surface area contributed by atoms with E-state index >= 15 is 0 Å². The molecule has 0 saturated carbocycles. The summed E-state index contributed by atoms with van der Waals surface area (Å²) in [5, 5.41) is 3.61. The predicted molar refractivity (Wildman–Crippen MR) is 80.1 cm³/mol. The summed E-state index contributed by atoms with van der Waals surface area (Å²) in [6, 6.07) is 1.28. The van der Waals surface area contributed by atoms with Crippen LogP contribution in [0.2, 0.25) is 0 Å². The molecule has 18 heavy (non-hydrogen) atoms. The molecular weight excluding hydrogens is 222 g/mol. The highest BCUT2D eigenvalue weighted by Gasteiger charge is 2.25. The Morgan fingerprint density at radius 2 is 1.61 bits per heavy atom. The fourth-order valence-electron chi connectivity index (χ4n) is 2.78. The zero-order valence-corrected chi connectivity index (χ0v) is 13.1. The van der Waals surface area contributed by atoms with E-state index in [0.717, 1.165) is 12.5 Å². The van der Waals surface area contributed by atoms with E-state index in [1.165, 1.54) is 39.1 Å². The minimum Gasteiger partial charge on any atom is -0.313 e. The minimum atomic E-state index is 0.590. The van der Waals surface area contributed by atoms with Crippen molar-refractivity contribution in [3.05, 3.63) is 0 Å². The van der Waals surface area contributed by atoms with Crippen molar-refractivity contribution >= 4 is 0 Å². The van der Waals surface area contributed by atoms with E-state index in [2.05, 4.69) is 49.7 Å². The Labute approximate surface area is 114 Å². The molecule has 3 nitrogen and oxygen atoms in total. The lowest BCUT2D eigenvalue weighted by atomic mass is 10.0. The third-order valence-electron chi connectivity index (χ3n) is 3.92. The molecule has 0 bridgehead atoms. The van der Waals surface area contributed by atoms with Crippen molar-refractivity contribution < 1.29 is 0 Å². The zero-order valence-electron chi connectivity index (χ0n) is 13.1. The Kier molecular flexibility index (Phi) is 7.20. The molecule has 1 saturated heterocycles. The summed E-state index contributed by atoms with van der Waals surface area (Å²) in [6.07, 6.45) is 1.28. The van der Waals surface area contributed by atoms with Gasteiger partial charge in [-0.2, -0.15) is 0 Å². The average Bonchev–Trinajstić information content (AvgIpc) is 2.31. The van der Waals surface area contributed by atoms with E-state index < -0.39 is 0 Å². The van der Waals surface area contributed by atoms with Crippen molar-refractivity contribution in [2.24, 2.45) is 5.92 Å². The maximum atomic E-state index is 3.61. The first-order chi connectivity index (χ1) is 8.54. The molecule has 3 heteroatoms. The van der Waals surface area contributed by atoms with Crippen LogP contribution in [0.15, 0.2) is 0 Å². The van der Waals surface area contributed by atoms with Crippen LogP contribution in [0.3, 0.4) is 0 Å². The summed E-state index contributed by atoms with van der Waals surface area (Å²) in [5.41, 5.74) is 0. The van der Waals surface area contributed by atoms with Crippen LogP contribution in [-0.2, 0) is 0 Å². The van der Waals surface area contributed by atoms with Crippen molar-refractivity contribution in [3.63, 3.8) is 0 Å². The molecule has 0 aromatic heterocycles. The highest BCUT2D eigenvalue weighted by molar-refractivity contribution is 4.82. The first-order valence-electron chi connectivity index (χ1n) is 7.74. The maximum Gasteiger partial charge on any atom is 0.0244 e. The van der Waals surface area contributed by atoms with Gasteiger partial charge in [0, 0.05) is 44.8 Å². The van der Waals surface area contributed by atoms with Gasteiger partial charge in [0.15, 0.2) is 0 Å². The van der Waals surface area contributed by atoms with Gasteiger partial charge < -0.3 is 10.2 Å². The fraction of sp³-hybridized carbons (Fsp3) is 1.00. The first-order valence-corrected chi connectivity index (χ1v) is 7.74. The molecule has 1 atom stereocenters. The quantitative estimate of drug-likeness (QED) is 0.751. The molecule has 0 amide bonds. The van der Waals surface area contributed by atoms with Gasteiger partial charge in [0.2, 0.25) is 0 Å². The zero-order chi connectivity index (χ0) is 13.5. The lowest BCUT2D eigenvalue weighted by Crippen LogP contribution is -2.55. The average molecular weight is 255 g/mol. The topological polar surface area (TPSA) is 18.5 Å². The molecule has 0 spiro atoms. The van der Waals surface area contributed by atoms with E-state index in [1.807, 2.05) is 0 Å². The van der Waals surface area contributed by atoms with Crippen LogP contribution in [0, 0.1) is 5.92 Å². The standard InChI is InChI=1S/C15H33N3/c1-6-7-17-8-10-18(11-9-17)15(13(2)3)12-16-14(4)5/h13-16H,6-12H2,1-5H3. The Balaban J connectivity index is 2.40. The van der Waals surface area contributed by atoms with Crippen LogP contribution in [-0.4, -0.2) is 61.2 Å². The summed E-state index contributed by atoms with van der Waals surface area (Å²) in [7, 11) is 0. The summed E-state index contributed by atoms with van der Waals surface area (Å²) in [6.45, 7) is 18.8. The molecule has 108 valence electrons. The van der Waals surface area contributed by atoms with Gasteiger partial charge in [-0.05, 0) is 18.9 Å². The summed E-state index contributed by atoms with van der Waals surface area (Å²) in [5.74, 6) is 0.731. The van der Waals surface area contributed by atoms with Gasteiger partial charge in [0.25, 0.3) is 0 Å². The second-order valence-corrected chi connectivity index (χ2v) is 6.25. The Bertz CT molecular complexity index is 208. The van der Waals surface area contributed by atoms with E-state index in [0.29, 0.717) is 12.1 Å². The normalized spacial score (nSPS) is 20.8. The molecule has 1 aliphatic heterocycles. The SMILES string of the molecule is CCCN1CCN(C(CNC(C)C)C(C)C)CC1. The number of piperazine rings is 1. The number of hydrogen-bond acceptors (Lipinski definition) is 3. The third-order valence-corrected chi connectivity index (χ3v) is 3.92. The molecule has 0 aromatic carbocycles. The predicted octanol–water partition coefficient (Wildman–Crippen LogP) is 2.04. The van der Waals surface area contributed by atoms with Crippen molar-refractivity contribution in [3.8, 4) is 0 Å². The third kappa shape index (κ3) is 5.25. The molecule has 1 rings (SSSR count).